The van der Waals surface area contributed by atoms with Crippen molar-refractivity contribution < 1.29 is 9.59 Å². The van der Waals surface area contributed by atoms with Gasteiger partial charge < -0.3 is 5.32 Å². The number of hydrazone groups is 1. The monoisotopic (exact) mass is 437 g/mol. The van der Waals surface area contributed by atoms with E-state index < -0.39 is 11.8 Å². The van der Waals surface area contributed by atoms with Gasteiger partial charge in [-0.15, -0.1) is 0 Å². The molecule has 5 nitrogen and oxygen atoms in total. The van der Waals surface area contributed by atoms with Gasteiger partial charge in [0, 0.05) is 14.6 Å². The Morgan fingerprint density at radius 3 is 1.96 bits per heavy atom. The molecule has 23 heavy (non-hydrogen) atoms. The molecule has 2 aromatic rings. The van der Waals surface area contributed by atoms with Crippen LogP contribution >= 0.6 is 31.9 Å². The Balaban J connectivity index is 1.95. The molecule has 0 aliphatic carbocycles. The Hall–Kier alpha value is -1.99. The predicted octanol–water partition coefficient (Wildman–Crippen LogP) is 3.69. The summed E-state index contributed by atoms with van der Waals surface area (Å²) < 4.78 is 1.83. The Morgan fingerprint density at radius 2 is 1.39 bits per heavy atom. The van der Waals surface area contributed by atoms with Crippen LogP contribution in [0.1, 0.15) is 12.5 Å². The van der Waals surface area contributed by atoms with Crippen LogP contribution in [-0.4, -0.2) is 17.5 Å². The van der Waals surface area contributed by atoms with E-state index in [1.807, 2.05) is 24.3 Å². The van der Waals surface area contributed by atoms with Gasteiger partial charge in [0.2, 0.25) is 0 Å². The third kappa shape index (κ3) is 5.30. The van der Waals surface area contributed by atoms with E-state index in [9.17, 15) is 9.59 Å². The first kappa shape index (κ1) is 17.4. The zero-order chi connectivity index (χ0) is 16.8. The highest BCUT2D eigenvalue weighted by molar-refractivity contribution is 9.10. The van der Waals surface area contributed by atoms with E-state index in [0.29, 0.717) is 11.4 Å². The minimum Gasteiger partial charge on any atom is -0.318 e. The van der Waals surface area contributed by atoms with Crippen molar-refractivity contribution in [1.29, 1.82) is 0 Å². The summed E-state index contributed by atoms with van der Waals surface area (Å²) in [7, 11) is 0. The maximum Gasteiger partial charge on any atom is 0.329 e. The van der Waals surface area contributed by atoms with Gasteiger partial charge in [-0.1, -0.05) is 44.0 Å². The number of hydrogen-bond donors (Lipinski definition) is 2. The van der Waals surface area contributed by atoms with E-state index in [0.717, 1.165) is 14.5 Å². The molecule has 0 aromatic heterocycles. The van der Waals surface area contributed by atoms with Crippen molar-refractivity contribution in [3.05, 3.63) is 63.0 Å². The van der Waals surface area contributed by atoms with Crippen LogP contribution in [0, 0.1) is 0 Å². The molecule has 118 valence electrons. The summed E-state index contributed by atoms with van der Waals surface area (Å²) in [5.41, 5.74) is 4.22. The highest BCUT2D eigenvalue weighted by atomic mass is 79.9. The van der Waals surface area contributed by atoms with Crippen molar-refractivity contribution in [2.45, 2.75) is 6.92 Å². The highest BCUT2D eigenvalue weighted by Gasteiger charge is 2.13. The van der Waals surface area contributed by atoms with E-state index in [1.54, 1.807) is 31.2 Å². The molecule has 0 aliphatic rings. The smallest absolute Gasteiger partial charge is 0.318 e. The Morgan fingerprint density at radius 1 is 0.870 bits per heavy atom. The van der Waals surface area contributed by atoms with E-state index in [4.69, 9.17) is 0 Å². The number of anilines is 1. The zero-order valence-corrected chi connectivity index (χ0v) is 15.3. The minimum atomic E-state index is -0.829. The molecule has 0 saturated carbocycles. The van der Waals surface area contributed by atoms with Crippen LogP contribution in [0.2, 0.25) is 0 Å². The average Bonchev–Trinajstić information content (AvgIpc) is 2.55. The number of carbonyl (C=O) groups excluding carboxylic acids is 2. The topological polar surface area (TPSA) is 70.6 Å². The number of benzene rings is 2. The highest BCUT2D eigenvalue weighted by Crippen LogP contribution is 2.14. The lowest BCUT2D eigenvalue weighted by molar-refractivity contribution is -0.136. The second kappa shape index (κ2) is 8.03. The molecule has 2 rings (SSSR count). The van der Waals surface area contributed by atoms with Gasteiger partial charge in [0.15, 0.2) is 0 Å². The third-order valence-electron chi connectivity index (χ3n) is 2.90. The molecule has 2 amide bonds. The van der Waals surface area contributed by atoms with Crippen LogP contribution in [0.25, 0.3) is 0 Å². The molecule has 0 radical (unpaired) electrons. The molecule has 7 heteroatoms. The number of carbonyl (C=O) groups is 2. The molecule has 0 spiro atoms. The minimum absolute atomic E-state index is 0.530. The normalized spacial score (nSPS) is 11.0. The van der Waals surface area contributed by atoms with Crippen LogP contribution in [0.15, 0.2) is 62.6 Å². The molecule has 0 bridgehead atoms. The van der Waals surface area contributed by atoms with Gasteiger partial charge in [-0.3, -0.25) is 9.59 Å². The molecule has 0 atom stereocenters. The zero-order valence-electron chi connectivity index (χ0n) is 12.1. The van der Waals surface area contributed by atoms with Crippen molar-refractivity contribution in [3.63, 3.8) is 0 Å². The van der Waals surface area contributed by atoms with Gasteiger partial charge in [0.1, 0.15) is 0 Å². The van der Waals surface area contributed by atoms with Gasteiger partial charge in [0.25, 0.3) is 0 Å². The fraction of sp³-hybridized carbons (Fsp3) is 0.0625. The van der Waals surface area contributed by atoms with Gasteiger partial charge in [0.05, 0.1) is 5.71 Å². The van der Waals surface area contributed by atoms with Crippen molar-refractivity contribution in [2.24, 2.45) is 5.10 Å². The molecule has 0 fully saturated rings. The lowest BCUT2D eigenvalue weighted by Gasteiger charge is -2.05. The maximum absolute atomic E-state index is 11.8. The second-order valence-corrected chi connectivity index (χ2v) is 6.44. The Labute approximate surface area is 150 Å². The average molecular weight is 439 g/mol. The molecule has 2 aromatic carbocycles. The lowest BCUT2D eigenvalue weighted by atomic mass is 10.1. The van der Waals surface area contributed by atoms with E-state index in [2.05, 4.69) is 47.7 Å². The lowest BCUT2D eigenvalue weighted by Crippen LogP contribution is -2.32. The molecule has 2 N–H and O–H groups in total. The molecule has 0 heterocycles. The number of nitrogens with one attached hydrogen (secondary N) is 2. The molecular formula is C16H13Br2N3O2. The largest absolute Gasteiger partial charge is 0.329 e. The third-order valence-corrected chi connectivity index (χ3v) is 3.95. The van der Waals surface area contributed by atoms with Gasteiger partial charge in [-0.2, -0.15) is 5.10 Å². The molecule has 0 aliphatic heterocycles. The summed E-state index contributed by atoms with van der Waals surface area (Å²) >= 11 is 6.64. The van der Waals surface area contributed by atoms with Crippen molar-refractivity contribution >= 4 is 55.1 Å². The first-order valence-electron chi connectivity index (χ1n) is 6.63. The standard InChI is InChI=1S/C16H13Br2N3O2/c1-10(11-2-4-12(17)5-3-11)20-21-16(23)15(22)19-14-8-6-13(18)7-9-14/h2-9H,1H3,(H,19,22)(H,21,23). The van der Waals surface area contributed by atoms with Crippen LogP contribution in [0.5, 0.6) is 0 Å². The fourth-order valence-electron chi connectivity index (χ4n) is 1.66. The van der Waals surface area contributed by atoms with E-state index in [1.165, 1.54) is 0 Å². The summed E-state index contributed by atoms with van der Waals surface area (Å²) in [5, 5.41) is 6.43. The quantitative estimate of drug-likeness (QED) is 0.435. The van der Waals surface area contributed by atoms with Gasteiger partial charge >= 0.3 is 11.8 Å². The summed E-state index contributed by atoms with van der Waals surface area (Å²) in [6.45, 7) is 1.75. The summed E-state index contributed by atoms with van der Waals surface area (Å²) in [5.74, 6) is -1.61. The number of nitrogens with zero attached hydrogens (tertiary/aromatic N) is 1. The molecular weight excluding hydrogens is 426 g/mol. The number of hydrogen-bond acceptors (Lipinski definition) is 3. The van der Waals surface area contributed by atoms with Gasteiger partial charge in [-0.25, -0.2) is 5.43 Å². The molecule has 0 unspecified atom stereocenters. The van der Waals surface area contributed by atoms with Crippen LogP contribution in [-0.2, 0) is 9.59 Å². The Kier molecular flexibility index (Phi) is 6.06. The first-order chi connectivity index (χ1) is 11.0. The predicted molar refractivity (Wildman–Crippen MR) is 97.3 cm³/mol. The first-order valence-corrected chi connectivity index (χ1v) is 8.21. The number of halogens is 2. The van der Waals surface area contributed by atoms with Crippen molar-refractivity contribution in [3.8, 4) is 0 Å². The van der Waals surface area contributed by atoms with Crippen molar-refractivity contribution in [2.75, 3.05) is 5.32 Å². The fourth-order valence-corrected chi connectivity index (χ4v) is 2.19. The number of rotatable bonds is 3. The van der Waals surface area contributed by atoms with Crippen LogP contribution < -0.4 is 10.7 Å². The molecule has 0 saturated heterocycles. The van der Waals surface area contributed by atoms with Crippen LogP contribution in [0.3, 0.4) is 0 Å². The second-order valence-electron chi connectivity index (χ2n) is 4.61. The van der Waals surface area contributed by atoms with E-state index >= 15 is 0 Å². The van der Waals surface area contributed by atoms with E-state index in [-0.39, 0.29) is 0 Å². The maximum atomic E-state index is 11.8. The summed E-state index contributed by atoms with van der Waals surface area (Å²) in [6, 6.07) is 14.4. The van der Waals surface area contributed by atoms with Crippen LogP contribution in [0.4, 0.5) is 5.69 Å². The number of amides is 2. The summed E-state index contributed by atoms with van der Waals surface area (Å²) in [6.07, 6.45) is 0. The summed E-state index contributed by atoms with van der Waals surface area (Å²) in [4.78, 5) is 23.5. The van der Waals surface area contributed by atoms with Crippen molar-refractivity contribution in [1.82, 2.24) is 5.43 Å². The van der Waals surface area contributed by atoms with Gasteiger partial charge in [-0.05, 0) is 48.9 Å². The Bertz CT molecular complexity index is 741. The SMILES string of the molecule is CC(=NNC(=O)C(=O)Nc1ccc(Br)cc1)c1ccc(Br)cc1.